The van der Waals surface area contributed by atoms with Crippen molar-refractivity contribution in [2.75, 3.05) is 19.0 Å². The minimum atomic E-state index is -4.37. The van der Waals surface area contributed by atoms with Crippen molar-refractivity contribution in [2.24, 2.45) is 0 Å². The number of benzene rings is 1. The molecule has 0 spiro atoms. The molecule has 0 aliphatic carbocycles. The number of nitrogens with one attached hydrogen (secondary N) is 1. The summed E-state index contributed by atoms with van der Waals surface area (Å²) < 4.78 is 45.3. The van der Waals surface area contributed by atoms with Gasteiger partial charge in [-0.25, -0.2) is 0 Å². The maximum absolute atomic E-state index is 11.9. The minimum absolute atomic E-state index is 0.0650. The lowest BCUT2D eigenvalue weighted by Crippen LogP contribution is -2.16. The molecule has 0 atom stereocenters. The van der Waals surface area contributed by atoms with Crippen LogP contribution in [-0.2, 0) is 11.3 Å². The number of hydrogen-bond acceptors (Lipinski definition) is 5. The van der Waals surface area contributed by atoms with Gasteiger partial charge in [-0.3, -0.25) is 0 Å². The molecule has 20 heavy (non-hydrogen) atoms. The summed E-state index contributed by atoms with van der Waals surface area (Å²) in [6.45, 7) is -1.70. The fourth-order valence-electron chi connectivity index (χ4n) is 1.57. The van der Waals surface area contributed by atoms with Crippen LogP contribution in [0.15, 0.2) is 28.8 Å². The van der Waals surface area contributed by atoms with E-state index in [2.05, 4.69) is 20.2 Å². The number of nitrogens with zero attached hydrogens (tertiary/aromatic N) is 2. The van der Waals surface area contributed by atoms with E-state index >= 15 is 0 Å². The summed E-state index contributed by atoms with van der Waals surface area (Å²) in [6.07, 6.45) is -4.37. The number of alkyl halides is 3. The number of halogens is 3. The highest BCUT2D eigenvalue weighted by molar-refractivity contribution is 5.71. The summed E-state index contributed by atoms with van der Waals surface area (Å²) in [5.74, 6) is 0.288. The average Bonchev–Trinajstić information content (AvgIpc) is 2.86. The zero-order valence-corrected chi connectivity index (χ0v) is 10.6. The van der Waals surface area contributed by atoms with Crippen molar-refractivity contribution < 1.29 is 22.4 Å². The Labute approximate surface area is 112 Å². The fraction of sp³-hybridized carbons (Fsp3) is 0.333. The molecule has 0 saturated heterocycles. The molecule has 0 unspecified atom stereocenters. The highest BCUT2D eigenvalue weighted by Gasteiger charge is 2.27. The van der Waals surface area contributed by atoms with E-state index in [-0.39, 0.29) is 18.3 Å². The van der Waals surface area contributed by atoms with Crippen molar-refractivity contribution in [1.29, 1.82) is 0 Å². The molecule has 2 rings (SSSR count). The molecule has 8 heteroatoms. The lowest BCUT2D eigenvalue weighted by Gasteiger charge is -2.05. The van der Waals surface area contributed by atoms with Crippen molar-refractivity contribution in [1.82, 2.24) is 10.1 Å². The molecule has 1 aromatic heterocycles. The molecule has 0 saturated carbocycles. The van der Waals surface area contributed by atoms with Crippen LogP contribution in [0.4, 0.5) is 18.9 Å². The molecule has 0 amide bonds. The van der Waals surface area contributed by atoms with Gasteiger partial charge >= 0.3 is 6.18 Å². The monoisotopic (exact) mass is 287 g/mol. The first-order valence-corrected chi connectivity index (χ1v) is 5.74. The Morgan fingerprint density at radius 2 is 2.05 bits per heavy atom. The van der Waals surface area contributed by atoms with Crippen LogP contribution in [0.2, 0.25) is 0 Å². The van der Waals surface area contributed by atoms with Gasteiger partial charge in [-0.1, -0.05) is 17.3 Å². The van der Waals surface area contributed by atoms with Crippen LogP contribution in [0.5, 0.6) is 0 Å². The number of rotatable bonds is 5. The highest BCUT2D eigenvalue weighted by Crippen LogP contribution is 2.26. The topological polar surface area (TPSA) is 60.2 Å². The van der Waals surface area contributed by atoms with E-state index in [0.717, 1.165) is 5.69 Å². The molecule has 0 fully saturated rings. The van der Waals surface area contributed by atoms with Crippen LogP contribution in [0.3, 0.4) is 0 Å². The van der Waals surface area contributed by atoms with Crippen LogP contribution >= 0.6 is 0 Å². The standard InChI is InChI=1S/C12H12F3N3O2/c1-16-9-5-3-2-4-8(9)11-17-10(18-20-11)6-19-7-12(13,14)15/h2-5,16H,6-7H2,1H3. The Hall–Kier alpha value is -2.09. The minimum Gasteiger partial charge on any atom is -0.387 e. The second kappa shape index (κ2) is 5.91. The van der Waals surface area contributed by atoms with Crippen LogP contribution in [0.1, 0.15) is 5.82 Å². The summed E-state index contributed by atoms with van der Waals surface area (Å²) in [5, 5.41) is 6.54. The molecule has 0 radical (unpaired) electrons. The molecule has 108 valence electrons. The molecule has 5 nitrogen and oxygen atoms in total. The van der Waals surface area contributed by atoms with Gasteiger partial charge < -0.3 is 14.6 Å². The van der Waals surface area contributed by atoms with Gasteiger partial charge in [0.25, 0.3) is 5.89 Å². The third kappa shape index (κ3) is 3.70. The predicted molar refractivity (Wildman–Crippen MR) is 65.0 cm³/mol. The number of hydrogen-bond donors (Lipinski definition) is 1. The van der Waals surface area contributed by atoms with E-state index in [1.54, 1.807) is 19.2 Å². The molecule has 1 heterocycles. The number of ether oxygens (including phenoxy) is 1. The van der Waals surface area contributed by atoms with Gasteiger partial charge in [-0.15, -0.1) is 0 Å². The first kappa shape index (κ1) is 14.3. The van der Waals surface area contributed by atoms with Gasteiger partial charge in [0.1, 0.15) is 13.2 Å². The normalized spacial score (nSPS) is 11.6. The average molecular weight is 287 g/mol. The largest absolute Gasteiger partial charge is 0.411 e. The Morgan fingerprint density at radius 1 is 1.30 bits per heavy atom. The van der Waals surface area contributed by atoms with Gasteiger partial charge in [0, 0.05) is 12.7 Å². The van der Waals surface area contributed by atoms with Gasteiger partial charge in [0.15, 0.2) is 5.82 Å². The molecule has 0 aliphatic heterocycles. The first-order chi connectivity index (χ1) is 9.49. The van der Waals surface area contributed by atoms with Crippen molar-refractivity contribution in [3.63, 3.8) is 0 Å². The molecule has 1 N–H and O–H groups in total. The Morgan fingerprint density at radius 3 is 2.75 bits per heavy atom. The maximum atomic E-state index is 11.9. The summed E-state index contributed by atoms with van der Waals surface area (Å²) in [6, 6.07) is 7.21. The van der Waals surface area contributed by atoms with E-state index in [9.17, 15) is 13.2 Å². The van der Waals surface area contributed by atoms with Gasteiger partial charge in [0.05, 0.1) is 5.56 Å². The second-order valence-corrected chi connectivity index (χ2v) is 3.92. The maximum Gasteiger partial charge on any atom is 0.411 e. The lowest BCUT2D eigenvalue weighted by molar-refractivity contribution is -0.177. The van der Waals surface area contributed by atoms with Gasteiger partial charge in [-0.05, 0) is 12.1 Å². The van der Waals surface area contributed by atoms with E-state index in [0.29, 0.717) is 5.56 Å². The molecule has 0 bridgehead atoms. The van der Waals surface area contributed by atoms with E-state index in [1.165, 1.54) is 0 Å². The fourth-order valence-corrected chi connectivity index (χ4v) is 1.57. The second-order valence-electron chi connectivity index (χ2n) is 3.92. The first-order valence-electron chi connectivity index (χ1n) is 5.74. The van der Waals surface area contributed by atoms with E-state index in [1.807, 2.05) is 12.1 Å². The van der Waals surface area contributed by atoms with Crippen LogP contribution < -0.4 is 5.32 Å². The summed E-state index contributed by atoms with van der Waals surface area (Å²) in [7, 11) is 1.74. The Kier molecular flexibility index (Phi) is 4.23. The summed E-state index contributed by atoms with van der Waals surface area (Å²) in [5.41, 5.74) is 1.45. The van der Waals surface area contributed by atoms with E-state index in [4.69, 9.17) is 4.52 Å². The van der Waals surface area contributed by atoms with Crippen LogP contribution in [0, 0.1) is 0 Å². The van der Waals surface area contributed by atoms with Crippen molar-refractivity contribution in [2.45, 2.75) is 12.8 Å². The number of anilines is 1. The molecule has 0 aliphatic rings. The molecule has 1 aromatic carbocycles. The third-order valence-electron chi connectivity index (χ3n) is 2.39. The predicted octanol–water partition coefficient (Wildman–Crippen LogP) is 2.86. The zero-order valence-electron chi connectivity index (χ0n) is 10.6. The zero-order chi connectivity index (χ0) is 14.6. The van der Waals surface area contributed by atoms with Crippen LogP contribution in [-0.4, -0.2) is 30.0 Å². The highest BCUT2D eigenvalue weighted by atomic mass is 19.4. The Balaban J connectivity index is 2.05. The van der Waals surface area contributed by atoms with Crippen molar-refractivity contribution in [3.05, 3.63) is 30.1 Å². The van der Waals surface area contributed by atoms with Crippen molar-refractivity contribution in [3.8, 4) is 11.5 Å². The smallest absolute Gasteiger partial charge is 0.387 e. The van der Waals surface area contributed by atoms with Crippen molar-refractivity contribution >= 4 is 5.69 Å². The van der Waals surface area contributed by atoms with Gasteiger partial charge in [-0.2, -0.15) is 18.2 Å². The van der Waals surface area contributed by atoms with E-state index < -0.39 is 12.8 Å². The lowest BCUT2D eigenvalue weighted by atomic mass is 10.2. The SMILES string of the molecule is CNc1ccccc1-c1nc(COCC(F)(F)F)no1. The number of para-hydroxylation sites is 1. The molecule has 2 aromatic rings. The van der Waals surface area contributed by atoms with Crippen LogP contribution in [0.25, 0.3) is 11.5 Å². The molecular weight excluding hydrogens is 275 g/mol. The summed E-state index contributed by atoms with van der Waals surface area (Å²) in [4.78, 5) is 4.00. The number of aromatic nitrogens is 2. The van der Waals surface area contributed by atoms with Gasteiger partial charge in [0.2, 0.25) is 0 Å². The summed E-state index contributed by atoms with van der Waals surface area (Å²) >= 11 is 0. The third-order valence-corrected chi connectivity index (χ3v) is 2.39. The Bertz CT molecular complexity index is 569. The molecular formula is C12H12F3N3O2. The quantitative estimate of drug-likeness (QED) is 0.916.